The maximum absolute atomic E-state index is 13.1. The molecular formula is C13H13ClFN3O. The Morgan fingerprint density at radius 3 is 2.84 bits per heavy atom. The number of nitrogens with one attached hydrogen (secondary N) is 1. The predicted molar refractivity (Wildman–Crippen MR) is 69.5 cm³/mol. The van der Waals surface area contributed by atoms with Crippen molar-refractivity contribution in [2.75, 3.05) is 13.1 Å². The van der Waals surface area contributed by atoms with E-state index in [1.54, 1.807) is 6.07 Å². The van der Waals surface area contributed by atoms with E-state index in [9.17, 15) is 4.39 Å². The number of rotatable bonds is 2. The smallest absolute Gasteiger partial charge is 0.230 e. The van der Waals surface area contributed by atoms with E-state index in [0.717, 1.165) is 25.9 Å². The van der Waals surface area contributed by atoms with Gasteiger partial charge in [0.05, 0.1) is 5.02 Å². The van der Waals surface area contributed by atoms with E-state index in [1.807, 2.05) is 0 Å². The van der Waals surface area contributed by atoms with Crippen molar-refractivity contribution in [1.29, 1.82) is 0 Å². The van der Waals surface area contributed by atoms with Crippen molar-refractivity contribution in [3.63, 3.8) is 0 Å². The van der Waals surface area contributed by atoms with Crippen molar-refractivity contribution in [2.45, 2.75) is 18.8 Å². The Kier molecular flexibility index (Phi) is 3.48. The molecule has 0 atom stereocenters. The Morgan fingerprint density at radius 1 is 1.32 bits per heavy atom. The van der Waals surface area contributed by atoms with Crippen LogP contribution in [0.15, 0.2) is 22.7 Å². The fourth-order valence-corrected chi connectivity index (χ4v) is 2.40. The molecule has 19 heavy (non-hydrogen) atoms. The van der Waals surface area contributed by atoms with E-state index in [0.29, 0.717) is 23.2 Å². The monoisotopic (exact) mass is 281 g/mol. The highest BCUT2D eigenvalue weighted by molar-refractivity contribution is 6.31. The van der Waals surface area contributed by atoms with E-state index in [-0.39, 0.29) is 5.02 Å². The lowest BCUT2D eigenvalue weighted by Gasteiger charge is -2.18. The van der Waals surface area contributed by atoms with Crippen molar-refractivity contribution in [3.05, 3.63) is 34.9 Å². The van der Waals surface area contributed by atoms with Crippen molar-refractivity contribution in [2.24, 2.45) is 0 Å². The molecule has 1 aromatic carbocycles. The summed E-state index contributed by atoms with van der Waals surface area (Å²) in [5.74, 6) is 0.957. The van der Waals surface area contributed by atoms with Crippen LogP contribution in [0.4, 0.5) is 4.39 Å². The van der Waals surface area contributed by atoms with E-state index >= 15 is 0 Å². The van der Waals surface area contributed by atoms with E-state index in [1.165, 1.54) is 12.1 Å². The predicted octanol–water partition coefficient (Wildman–Crippen LogP) is 3.00. The Hall–Kier alpha value is -1.46. The summed E-state index contributed by atoms with van der Waals surface area (Å²) in [6.07, 6.45) is 1.98. The molecule has 2 aromatic rings. The first-order valence-corrected chi connectivity index (χ1v) is 6.61. The topological polar surface area (TPSA) is 51.0 Å². The molecule has 0 aliphatic carbocycles. The molecule has 1 aliphatic heterocycles. The third-order valence-corrected chi connectivity index (χ3v) is 3.60. The number of piperidine rings is 1. The summed E-state index contributed by atoms with van der Waals surface area (Å²) >= 11 is 5.75. The first-order valence-electron chi connectivity index (χ1n) is 6.24. The second kappa shape index (κ2) is 5.27. The third kappa shape index (κ3) is 2.62. The molecule has 1 saturated heterocycles. The minimum Gasteiger partial charge on any atom is -0.339 e. The molecule has 1 aromatic heterocycles. The zero-order chi connectivity index (χ0) is 13.2. The summed E-state index contributed by atoms with van der Waals surface area (Å²) in [5.41, 5.74) is 0.662. The summed E-state index contributed by atoms with van der Waals surface area (Å²) in [5, 5.41) is 7.29. The van der Waals surface area contributed by atoms with E-state index < -0.39 is 5.82 Å². The molecular weight excluding hydrogens is 269 g/mol. The van der Waals surface area contributed by atoms with Gasteiger partial charge in [-0.2, -0.15) is 4.98 Å². The minimum atomic E-state index is -0.451. The van der Waals surface area contributed by atoms with Gasteiger partial charge in [0.2, 0.25) is 11.7 Å². The minimum absolute atomic E-state index is 0.0608. The fourth-order valence-electron chi connectivity index (χ4n) is 2.22. The van der Waals surface area contributed by atoms with Gasteiger partial charge in [0.15, 0.2) is 0 Å². The third-order valence-electron chi connectivity index (χ3n) is 3.31. The molecule has 0 bridgehead atoms. The van der Waals surface area contributed by atoms with Crippen LogP contribution in [0.5, 0.6) is 0 Å². The number of benzene rings is 1. The number of hydrogen-bond acceptors (Lipinski definition) is 4. The van der Waals surface area contributed by atoms with Gasteiger partial charge in [-0.05, 0) is 44.1 Å². The van der Waals surface area contributed by atoms with Crippen LogP contribution < -0.4 is 5.32 Å². The number of aromatic nitrogens is 2. The van der Waals surface area contributed by atoms with Gasteiger partial charge in [0.1, 0.15) is 5.82 Å². The Labute approximate surface area is 115 Å². The van der Waals surface area contributed by atoms with Gasteiger partial charge in [-0.3, -0.25) is 0 Å². The van der Waals surface area contributed by atoms with Gasteiger partial charge in [0, 0.05) is 11.5 Å². The zero-order valence-corrected chi connectivity index (χ0v) is 11.0. The lowest BCUT2D eigenvalue weighted by Crippen LogP contribution is -2.26. The Balaban J connectivity index is 1.85. The SMILES string of the molecule is Fc1ccc(-c2noc(C3CCNCC3)n2)cc1Cl. The molecule has 1 aliphatic rings. The first kappa shape index (κ1) is 12.6. The molecule has 0 unspecified atom stereocenters. The molecule has 3 rings (SSSR count). The number of halogens is 2. The summed E-state index contributed by atoms with van der Waals surface area (Å²) in [6, 6.07) is 4.41. The molecule has 0 spiro atoms. The van der Waals surface area contributed by atoms with Crippen molar-refractivity contribution in [3.8, 4) is 11.4 Å². The standard InChI is InChI=1S/C13H13ClFN3O/c14-10-7-9(1-2-11(10)15)12-17-13(19-18-12)8-3-5-16-6-4-8/h1-2,7-8,16H,3-6H2. The van der Waals surface area contributed by atoms with Crippen LogP contribution >= 0.6 is 11.6 Å². The highest BCUT2D eigenvalue weighted by Gasteiger charge is 2.21. The average molecular weight is 282 g/mol. The molecule has 1 fully saturated rings. The van der Waals surface area contributed by atoms with Gasteiger partial charge in [0.25, 0.3) is 0 Å². The van der Waals surface area contributed by atoms with Gasteiger partial charge in [-0.15, -0.1) is 0 Å². The molecule has 0 saturated carbocycles. The number of hydrogen-bond donors (Lipinski definition) is 1. The second-order valence-electron chi connectivity index (χ2n) is 4.61. The van der Waals surface area contributed by atoms with Gasteiger partial charge in [-0.25, -0.2) is 4.39 Å². The highest BCUT2D eigenvalue weighted by atomic mass is 35.5. The zero-order valence-electron chi connectivity index (χ0n) is 10.2. The van der Waals surface area contributed by atoms with Crippen molar-refractivity contribution in [1.82, 2.24) is 15.5 Å². The quantitative estimate of drug-likeness (QED) is 0.919. The second-order valence-corrected chi connectivity index (χ2v) is 5.02. The fraction of sp³-hybridized carbons (Fsp3) is 0.385. The maximum Gasteiger partial charge on any atom is 0.230 e. The molecule has 4 nitrogen and oxygen atoms in total. The van der Waals surface area contributed by atoms with Crippen molar-refractivity contribution >= 4 is 11.6 Å². The van der Waals surface area contributed by atoms with Gasteiger partial charge >= 0.3 is 0 Å². The van der Waals surface area contributed by atoms with Crippen molar-refractivity contribution < 1.29 is 8.91 Å². The van der Waals surface area contributed by atoms with Crippen LogP contribution in [-0.2, 0) is 0 Å². The summed E-state index contributed by atoms with van der Waals surface area (Å²) in [6.45, 7) is 1.93. The number of nitrogens with zero attached hydrogens (tertiary/aromatic N) is 2. The largest absolute Gasteiger partial charge is 0.339 e. The van der Waals surface area contributed by atoms with E-state index in [2.05, 4.69) is 15.5 Å². The summed E-state index contributed by atoms with van der Waals surface area (Å²) in [4.78, 5) is 4.39. The molecule has 0 amide bonds. The van der Waals surface area contributed by atoms with Crippen LogP contribution in [-0.4, -0.2) is 23.2 Å². The van der Waals surface area contributed by atoms with E-state index in [4.69, 9.17) is 16.1 Å². The summed E-state index contributed by atoms with van der Waals surface area (Å²) in [7, 11) is 0. The molecule has 100 valence electrons. The van der Waals surface area contributed by atoms with Crippen LogP contribution in [0, 0.1) is 5.82 Å². The average Bonchev–Trinajstić information content (AvgIpc) is 2.93. The van der Waals surface area contributed by atoms with Crippen LogP contribution in [0.2, 0.25) is 5.02 Å². The molecule has 2 heterocycles. The van der Waals surface area contributed by atoms with Crippen LogP contribution in [0.1, 0.15) is 24.7 Å². The van der Waals surface area contributed by atoms with Gasteiger partial charge < -0.3 is 9.84 Å². The van der Waals surface area contributed by atoms with Crippen LogP contribution in [0.25, 0.3) is 11.4 Å². The maximum atomic E-state index is 13.1. The Morgan fingerprint density at radius 2 is 2.11 bits per heavy atom. The lowest BCUT2D eigenvalue weighted by atomic mass is 9.98. The molecule has 0 radical (unpaired) electrons. The highest BCUT2D eigenvalue weighted by Crippen LogP contribution is 2.27. The summed E-state index contributed by atoms with van der Waals surface area (Å²) < 4.78 is 18.4. The Bertz CT molecular complexity index is 581. The van der Waals surface area contributed by atoms with Crippen LogP contribution in [0.3, 0.4) is 0 Å². The van der Waals surface area contributed by atoms with Gasteiger partial charge in [-0.1, -0.05) is 16.8 Å². The normalized spacial score (nSPS) is 16.7. The molecule has 6 heteroatoms. The first-order chi connectivity index (χ1) is 9.24. The lowest BCUT2D eigenvalue weighted by molar-refractivity contribution is 0.320. The molecule has 1 N–H and O–H groups in total.